The van der Waals surface area contributed by atoms with E-state index < -0.39 is 18.1 Å². The summed E-state index contributed by atoms with van der Waals surface area (Å²) in [4.78, 5) is 36.9. The first-order valence-electron chi connectivity index (χ1n) is 11.0. The molecule has 2 aromatic carbocycles. The molecule has 3 rings (SSSR count). The van der Waals surface area contributed by atoms with E-state index in [2.05, 4.69) is 29.6 Å². The van der Waals surface area contributed by atoms with Gasteiger partial charge in [0, 0.05) is 25.4 Å². The van der Waals surface area contributed by atoms with Crippen molar-refractivity contribution in [3.05, 3.63) is 59.7 Å². The molecule has 1 aliphatic rings. The lowest BCUT2D eigenvalue weighted by Crippen LogP contribution is -2.41. The number of alkyl carbamates (subject to hydrolysis) is 1. The van der Waals surface area contributed by atoms with Gasteiger partial charge in [0.05, 0.1) is 0 Å². The highest BCUT2D eigenvalue weighted by Gasteiger charge is 2.29. The minimum Gasteiger partial charge on any atom is -0.480 e. The topological polar surface area (TPSA) is 95.9 Å². The number of nitrogens with one attached hydrogen (secondary N) is 1. The smallest absolute Gasteiger partial charge is 0.407 e. The fourth-order valence-electron chi connectivity index (χ4n) is 4.14. The zero-order valence-corrected chi connectivity index (χ0v) is 18.5. The van der Waals surface area contributed by atoms with Crippen molar-refractivity contribution in [3.63, 3.8) is 0 Å². The molecular weight excluding hydrogens is 408 g/mol. The van der Waals surface area contributed by atoms with Crippen LogP contribution in [0.3, 0.4) is 0 Å². The number of benzene rings is 2. The Bertz CT molecular complexity index is 929. The third kappa shape index (κ3) is 5.66. The molecule has 0 bridgehead atoms. The maximum atomic E-state index is 12.6. The molecular formula is C25H30N2O5. The second-order valence-electron chi connectivity index (χ2n) is 8.16. The molecule has 0 radical (unpaired) electrons. The number of carbonyl (C=O) groups excluding carboxylic acids is 2. The molecule has 2 N–H and O–H groups in total. The number of carboxylic acid groups (broad SMARTS) is 1. The van der Waals surface area contributed by atoms with Gasteiger partial charge in [0.1, 0.15) is 13.2 Å². The number of hydrogen-bond donors (Lipinski definition) is 2. The Morgan fingerprint density at radius 3 is 2.22 bits per heavy atom. The molecule has 0 saturated carbocycles. The van der Waals surface area contributed by atoms with Gasteiger partial charge in [0.25, 0.3) is 0 Å². The zero-order valence-electron chi connectivity index (χ0n) is 18.5. The summed E-state index contributed by atoms with van der Waals surface area (Å²) in [5.41, 5.74) is 4.58. The number of likely N-dealkylation sites (N-methyl/N-ethyl adjacent to an activating group) is 1. The Morgan fingerprint density at radius 2 is 1.66 bits per heavy atom. The number of unbranched alkanes of at least 4 members (excludes halogenated alkanes) is 1. The standard InChI is InChI=1S/C25H30N2O5/c1-3-4-9-17(14-23(28)27(2)15-24(29)30)26-25(31)32-16-22-20-12-7-5-10-18(20)19-11-6-8-13-21(19)22/h5-8,10-13,17,22H,3-4,9,14-16H2,1-2H3,(H,26,31)(H,29,30)/t17-/m1/s1. The van der Waals surface area contributed by atoms with Crippen LogP contribution >= 0.6 is 0 Å². The Balaban J connectivity index is 1.62. The van der Waals surface area contributed by atoms with Crippen molar-refractivity contribution < 1.29 is 24.2 Å². The lowest BCUT2D eigenvalue weighted by Gasteiger charge is -2.22. The molecule has 2 aromatic rings. The third-order valence-electron chi connectivity index (χ3n) is 5.79. The Kier molecular flexibility index (Phi) is 7.87. The van der Waals surface area contributed by atoms with E-state index in [-0.39, 0.29) is 31.4 Å². The zero-order chi connectivity index (χ0) is 23.1. The van der Waals surface area contributed by atoms with E-state index in [1.54, 1.807) is 0 Å². The van der Waals surface area contributed by atoms with Crippen LogP contribution < -0.4 is 5.32 Å². The Hall–Kier alpha value is -3.35. The normalized spacial score (nSPS) is 13.1. The van der Waals surface area contributed by atoms with E-state index >= 15 is 0 Å². The lowest BCUT2D eigenvalue weighted by molar-refractivity contribution is -0.143. The van der Waals surface area contributed by atoms with Gasteiger partial charge in [-0.05, 0) is 28.7 Å². The predicted molar refractivity (Wildman–Crippen MR) is 121 cm³/mol. The minimum atomic E-state index is -1.07. The summed E-state index contributed by atoms with van der Waals surface area (Å²) in [7, 11) is 1.45. The fourth-order valence-corrected chi connectivity index (χ4v) is 4.14. The third-order valence-corrected chi connectivity index (χ3v) is 5.79. The number of ether oxygens (including phenoxy) is 1. The van der Waals surface area contributed by atoms with Crippen LogP contribution in [0.1, 0.15) is 49.7 Å². The number of amides is 2. The monoisotopic (exact) mass is 438 g/mol. The van der Waals surface area contributed by atoms with Crippen LogP contribution in [-0.2, 0) is 14.3 Å². The van der Waals surface area contributed by atoms with Gasteiger partial charge >= 0.3 is 12.1 Å². The van der Waals surface area contributed by atoms with Gasteiger partial charge in [0.15, 0.2) is 0 Å². The van der Waals surface area contributed by atoms with E-state index in [0.717, 1.165) is 40.0 Å². The first-order valence-corrected chi connectivity index (χ1v) is 11.0. The van der Waals surface area contributed by atoms with Crippen molar-refractivity contribution in [2.24, 2.45) is 0 Å². The molecule has 170 valence electrons. The first-order chi connectivity index (χ1) is 15.4. The summed E-state index contributed by atoms with van der Waals surface area (Å²) >= 11 is 0. The van der Waals surface area contributed by atoms with Gasteiger partial charge in [0.2, 0.25) is 5.91 Å². The molecule has 7 nitrogen and oxygen atoms in total. The number of aliphatic carboxylic acids is 1. The average Bonchev–Trinajstić information content (AvgIpc) is 3.09. The summed E-state index contributed by atoms with van der Waals surface area (Å²) in [5, 5.41) is 11.7. The van der Waals surface area contributed by atoms with E-state index in [0.29, 0.717) is 6.42 Å². The average molecular weight is 439 g/mol. The largest absolute Gasteiger partial charge is 0.480 e. The lowest BCUT2D eigenvalue weighted by atomic mass is 9.98. The van der Waals surface area contributed by atoms with E-state index in [1.165, 1.54) is 7.05 Å². The van der Waals surface area contributed by atoms with Crippen LogP contribution in [0.4, 0.5) is 4.79 Å². The molecule has 32 heavy (non-hydrogen) atoms. The molecule has 1 atom stereocenters. The van der Waals surface area contributed by atoms with E-state index in [4.69, 9.17) is 9.84 Å². The summed E-state index contributed by atoms with van der Waals surface area (Å²) in [6.07, 6.45) is 1.84. The summed E-state index contributed by atoms with van der Waals surface area (Å²) < 4.78 is 5.59. The van der Waals surface area contributed by atoms with Crippen molar-refractivity contribution in [1.29, 1.82) is 0 Å². The maximum Gasteiger partial charge on any atom is 0.407 e. The van der Waals surface area contributed by atoms with Gasteiger partial charge in [-0.3, -0.25) is 9.59 Å². The predicted octanol–water partition coefficient (Wildman–Crippen LogP) is 4.02. The summed E-state index contributed by atoms with van der Waals surface area (Å²) in [6.45, 7) is 1.86. The van der Waals surface area contributed by atoms with Gasteiger partial charge in [-0.1, -0.05) is 68.3 Å². The Labute approximate surface area is 188 Å². The fraction of sp³-hybridized carbons (Fsp3) is 0.400. The highest BCUT2D eigenvalue weighted by atomic mass is 16.5. The molecule has 0 saturated heterocycles. The maximum absolute atomic E-state index is 12.6. The molecule has 0 unspecified atom stereocenters. The molecule has 0 fully saturated rings. The first kappa shape index (κ1) is 23.3. The SMILES string of the molecule is CCCC[C@H](CC(=O)N(C)CC(=O)O)NC(=O)OCC1c2ccccc2-c2ccccc21. The highest BCUT2D eigenvalue weighted by Crippen LogP contribution is 2.44. The number of rotatable bonds is 10. The molecule has 0 heterocycles. The summed E-state index contributed by atoms with van der Waals surface area (Å²) in [5.74, 6) is -1.44. The molecule has 1 aliphatic carbocycles. The number of carbonyl (C=O) groups is 3. The number of hydrogen-bond acceptors (Lipinski definition) is 4. The number of carboxylic acids is 1. The van der Waals surface area contributed by atoms with Crippen LogP contribution in [0.5, 0.6) is 0 Å². The van der Waals surface area contributed by atoms with Crippen molar-refractivity contribution in [2.45, 2.75) is 44.6 Å². The van der Waals surface area contributed by atoms with E-state index in [1.807, 2.05) is 31.2 Å². The van der Waals surface area contributed by atoms with Gasteiger partial charge in [-0.15, -0.1) is 0 Å². The van der Waals surface area contributed by atoms with E-state index in [9.17, 15) is 14.4 Å². The van der Waals surface area contributed by atoms with Crippen LogP contribution in [0.15, 0.2) is 48.5 Å². The van der Waals surface area contributed by atoms with Crippen LogP contribution in [0, 0.1) is 0 Å². The van der Waals surface area contributed by atoms with Crippen molar-refractivity contribution in [2.75, 3.05) is 20.2 Å². The number of nitrogens with zero attached hydrogens (tertiary/aromatic N) is 1. The van der Waals surface area contributed by atoms with Crippen molar-refractivity contribution >= 4 is 18.0 Å². The van der Waals surface area contributed by atoms with Crippen LogP contribution in [0.2, 0.25) is 0 Å². The minimum absolute atomic E-state index is 0.0357. The van der Waals surface area contributed by atoms with Gasteiger partial charge < -0.3 is 20.1 Å². The van der Waals surface area contributed by atoms with Crippen molar-refractivity contribution in [1.82, 2.24) is 10.2 Å². The van der Waals surface area contributed by atoms with Crippen molar-refractivity contribution in [3.8, 4) is 11.1 Å². The molecule has 2 amide bonds. The molecule has 0 aliphatic heterocycles. The molecule has 7 heteroatoms. The summed E-state index contributed by atoms with van der Waals surface area (Å²) in [6, 6.07) is 15.8. The Morgan fingerprint density at radius 1 is 1.06 bits per heavy atom. The molecule has 0 aromatic heterocycles. The quantitative estimate of drug-likeness (QED) is 0.584. The second-order valence-corrected chi connectivity index (χ2v) is 8.16. The second kappa shape index (κ2) is 10.8. The van der Waals surface area contributed by atoms with Crippen LogP contribution in [0.25, 0.3) is 11.1 Å². The van der Waals surface area contributed by atoms with Gasteiger partial charge in [-0.25, -0.2) is 4.79 Å². The highest BCUT2D eigenvalue weighted by molar-refractivity contribution is 5.82. The van der Waals surface area contributed by atoms with Gasteiger partial charge in [-0.2, -0.15) is 0 Å². The number of fused-ring (bicyclic) bond motifs is 3. The van der Waals surface area contributed by atoms with Crippen LogP contribution in [-0.4, -0.2) is 54.2 Å². The molecule has 0 spiro atoms.